The maximum absolute atomic E-state index is 14.4. The molecule has 0 unspecified atom stereocenters. The molecule has 12 atom stereocenters. The number of carbonyl (C=O) groups excluding carboxylic acids is 2. The number of ether oxygens (including phenoxy) is 4. The highest BCUT2D eigenvalue weighted by Crippen LogP contribution is 2.70. The third kappa shape index (κ3) is 3.80. The third-order valence-corrected chi connectivity index (χ3v) is 12.0. The first-order valence-electron chi connectivity index (χ1n) is 14.7. The van der Waals surface area contributed by atoms with Gasteiger partial charge in [-0.15, -0.1) is 0 Å². The van der Waals surface area contributed by atoms with Crippen LogP contribution in [0.3, 0.4) is 0 Å². The van der Waals surface area contributed by atoms with E-state index in [0.29, 0.717) is 24.2 Å². The van der Waals surface area contributed by atoms with Crippen molar-refractivity contribution in [2.24, 2.45) is 34.0 Å². The topological polar surface area (TPSA) is 112 Å². The fourth-order valence-electron chi connectivity index (χ4n) is 9.88. The van der Waals surface area contributed by atoms with Crippen LogP contribution in [0.4, 0.5) is 0 Å². The second kappa shape index (κ2) is 9.37. The van der Waals surface area contributed by atoms with Gasteiger partial charge in [0.05, 0.1) is 12.2 Å². The largest absolute Gasteiger partial charge is 0.458 e. The molecule has 0 radical (unpaired) electrons. The summed E-state index contributed by atoms with van der Waals surface area (Å²) in [5.41, 5.74) is 0.428. The van der Waals surface area contributed by atoms with E-state index >= 15 is 0 Å². The number of aliphatic hydroxyl groups excluding tert-OH is 2. The van der Waals surface area contributed by atoms with E-state index in [1.165, 1.54) is 7.11 Å². The number of cyclic esters (lactones) is 1. The lowest BCUT2D eigenvalue weighted by atomic mass is 9.37. The van der Waals surface area contributed by atoms with Crippen molar-refractivity contribution in [2.75, 3.05) is 13.7 Å². The number of methoxy groups -OCH3 is 1. The van der Waals surface area contributed by atoms with Crippen LogP contribution in [0.2, 0.25) is 0 Å². The molecule has 6 rings (SSSR count). The smallest absolute Gasteiger partial charge is 0.331 e. The molecule has 1 saturated heterocycles. The first-order valence-corrected chi connectivity index (χ1v) is 14.7. The summed E-state index contributed by atoms with van der Waals surface area (Å²) in [5.74, 6) is 1.11. The van der Waals surface area contributed by atoms with Crippen molar-refractivity contribution in [1.29, 1.82) is 0 Å². The first kappa shape index (κ1) is 26.9. The average molecular weight is 533 g/mol. The molecule has 212 valence electrons. The molecule has 1 spiro atoms. The number of Topliss-reactive ketones (excluding diaryl/α,β-unsaturated/α-hetero) is 1. The van der Waals surface area contributed by atoms with Crippen LogP contribution in [0.1, 0.15) is 78.6 Å². The summed E-state index contributed by atoms with van der Waals surface area (Å²) in [6.45, 7) is 6.68. The van der Waals surface area contributed by atoms with Gasteiger partial charge in [-0.2, -0.15) is 0 Å². The van der Waals surface area contributed by atoms with Crippen molar-refractivity contribution in [2.45, 2.75) is 115 Å². The Bertz CT molecular complexity index is 1010. The predicted octanol–water partition coefficient (Wildman–Crippen LogP) is 3.32. The van der Waals surface area contributed by atoms with Gasteiger partial charge in [0, 0.05) is 24.0 Å². The maximum Gasteiger partial charge on any atom is 0.331 e. The molecule has 0 aromatic rings. The Morgan fingerprint density at radius 1 is 1.00 bits per heavy atom. The van der Waals surface area contributed by atoms with Crippen molar-refractivity contribution in [3.05, 3.63) is 11.6 Å². The number of fused-ring (bicyclic) bond motifs is 3. The van der Waals surface area contributed by atoms with E-state index in [9.17, 15) is 19.8 Å². The molecule has 0 aromatic carbocycles. The van der Waals surface area contributed by atoms with Gasteiger partial charge in [0.1, 0.15) is 30.7 Å². The van der Waals surface area contributed by atoms with Gasteiger partial charge >= 0.3 is 5.97 Å². The van der Waals surface area contributed by atoms with Gasteiger partial charge in [-0.1, -0.05) is 13.8 Å². The van der Waals surface area contributed by atoms with Crippen molar-refractivity contribution < 1.29 is 38.7 Å². The molecule has 2 aliphatic heterocycles. The molecule has 2 N–H and O–H groups in total. The molecular formula is C30H44O8. The Balaban J connectivity index is 1.17. The summed E-state index contributed by atoms with van der Waals surface area (Å²) in [4.78, 5) is 26.2. The fraction of sp³-hybridized carbons (Fsp3) is 0.867. The molecular weight excluding hydrogens is 488 g/mol. The van der Waals surface area contributed by atoms with Crippen LogP contribution >= 0.6 is 0 Å². The summed E-state index contributed by atoms with van der Waals surface area (Å²) in [5, 5.41) is 21.1. The number of carbonyl (C=O) groups is 2. The zero-order valence-corrected chi connectivity index (χ0v) is 23.2. The summed E-state index contributed by atoms with van der Waals surface area (Å²) in [6, 6.07) is 0. The highest BCUT2D eigenvalue weighted by atomic mass is 16.7. The normalized spacial score (nSPS) is 52.6. The molecule has 4 aliphatic carbocycles. The van der Waals surface area contributed by atoms with Crippen LogP contribution in [-0.4, -0.2) is 72.5 Å². The quantitative estimate of drug-likeness (QED) is 0.419. The van der Waals surface area contributed by atoms with E-state index in [1.54, 1.807) is 13.0 Å². The molecule has 5 fully saturated rings. The van der Waals surface area contributed by atoms with Gasteiger partial charge in [0.25, 0.3) is 0 Å². The summed E-state index contributed by atoms with van der Waals surface area (Å²) in [7, 11) is 1.48. The molecule has 6 aliphatic rings. The Morgan fingerprint density at radius 3 is 2.47 bits per heavy atom. The monoisotopic (exact) mass is 532 g/mol. The van der Waals surface area contributed by atoms with Crippen molar-refractivity contribution in [3.8, 4) is 0 Å². The Kier molecular flexibility index (Phi) is 6.63. The van der Waals surface area contributed by atoms with Crippen LogP contribution in [0.5, 0.6) is 0 Å². The average Bonchev–Trinajstić information content (AvgIpc) is 3.30. The third-order valence-electron chi connectivity index (χ3n) is 12.0. The van der Waals surface area contributed by atoms with Gasteiger partial charge < -0.3 is 29.2 Å². The number of hydrogen-bond acceptors (Lipinski definition) is 8. The summed E-state index contributed by atoms with van der Waals surface area (Å²) < 4.78 is 22.8. The predicted molar refractivity (Wildman–Crippen MR) is 137 cm³/mol. The zero-order chi connectivity index (χ0) is 27.0. The lowest BCUT2D eigenvalue weighted by Gasteiger charge is -2.66. The van der Waals surface area contributed by atoms with E-state index in [4.69, 9.17) is 18.9 Å². The molecule has 0 aromatic heterocycles. The second-order valence-electron chi connectivity index (χ2n) is 13.6. The van der Waals surface area contributed by atoms with Crippen LogP contribution < -0.4 is 0 Å². The van der Waals surface area contributed by atoms with Crippen molar-refractivity contribution in [1.82, 2.24) is 0 Å². The van der Waals surface area contributed by atoms with E-state index in [-0.39, 0.29) is 28.8 Å². The molecule has 8 nitrogen and oxygen atoms in total. The van der Waals surface area contributed by atoms with E-state index in [2.05, 4.69) is 13.8 Å². The standard InChI is InChI=1S/C30H44O8/c1-16-23(32)25(35-4)24(33)26(37-16)38-19-6-9-28(2)18(14-19)5-11-30-12-7-20(17-13-22(31)36-15-17)29(3,27(30)34)10-8-21(28)30/h13,16,18-21,23-26,32-33H,5-12,14-15H2,1-4H3/t16-,18-,19+,20-,21-,23+,24-,25+,26+,28+,29-,30+/m1/s1. The maximum atomic E-state index is 14.4. The Morgan fingerprint density at radius 2 is 1.76 bits per heavy atom. The van der Waals surface area contributed by atoms with Crippen LogP contribution in [0, 0.1) is 34.0 Å². The van der Waals surface area contributed by atoms with Gasteiger partial charge in [-0.05, 0) is 93.5 Å². The number of hydrogen-bond donors (Lipinski definition) is 2. The number of ketones is 1. The molecule has 4 saturated carbocycles. The SMILES string of the molecule is CO[C@H]1[C@@H](O)[C@@H](C)O[C@@H](O[C@H]2CC[C@@]3(C)[C@H](CC[C@]45CC[C@H](C6=CC(=O)OC6)[C@@](C)(CC[C@@H]43)C5=O)C2)[C@@H]1O. The fourth-order valence-corrected chi connectivity index (χ4v) is 9.88. The second-order valence-corrected chi connectivity index (χ2v) is 13.6. The van der Waals surface area contributed by atoms with Gasteiger partial charge in [-0.25, -0.2) is 4.79 Å². The van der Waals surface area contributed by atoms with E-state index < -0.39 is 36.1 Å². The molecule has 0 amide bonds. The van der Waals surface area contributed by atoms with Gasteiger partial charge in [0.15, 0.2) is 6.29 Å². The first-order chi connectivity index (χ1) is 18.0. The molecule has 2 heterocycles. The lowest BCUT2D eigenvalue weighted by molar-refractivity contribution is -0.313. The molecule has 2 bridgehead atoms. The number of rotatable bonds is 4. The minimum absolute atomic E-state index is 0.0335. The van der Waals surface area contributed by atoms with Crippen molar-refractivity contribution >= 4 is 11.8 Å². The van der Waals surface area contributed by atoms with E-state index in [1.807, 2.05) is 0 Å². The summed E-state index contributed by atoms with van der Waals surface area (Å²) >= 11 is 0. The minimum Gasteiger partial charge on any atom is -0.458 e. The Labute approximate surface area is 225 Å². The zero-order valence-electron chi connectivity index (χ0n) is 23.2. The van der Waals surface area contributed by atoms with Gasteiger partial charge in [0.2, 0.25) is 0 Å². The minimum atomic E-state index is -1.05. The molecule has 38 heavy (non-hydrogen) atoms. The molecule has 8 heteroatoms. The van der Waals surface area contributed by atoms with E-state index in [0.717, 1.165) is 63.4 Å². The Hall–Kier alpha value is -1.32. The van der Waals surface area contributed by atoms with Gasteiger partial charge in [-0.3, -0.25) is 4.79 Å². The highest BCUT2D eigenvalue weighted by Gasteiger charge is 2.67. The number of esters is 1. The lowest BCUT2D eigenvalue weighted by Crippen LogP contribution is -2.64. The van der Waals surface area contributed by atoms with Crippen molar-refractivity contribution in [3.63, 3.8) is 0 Å². The van der Waals surface area contributed by atoms with Crippen LogP contribution in [0.15, 0.2) is 11.6 Å². The summed E-state index contributed by atoms with van der Waals surface area (Å²) in [6.07, 6.45) is 6.07. The van der Waals surface area contributed by atoms with Crippen LogP contribution in [-0.2, 0) is 28.5 Å². The van der Waals surface area contributed by atoms with Crippen LogP contribution in [0.25, 0.3) is 0 Å². The number of aliphatic hydroxyl groups is 2. The highest BCUT2D eigenvalue weighted by molar-refractivity contribution is 5.93.